The summed E-state index contributed by atoms with van der Waals surface area (Å²) in [5, 5.41) is 6.10. The summed E-state index contributed by atoms with van der Waals surface area (Å²) in [7, 11) is 0. The molecule has 1 aliphatic heterocycles. The van der Waals surface area contributed by atoms with Crippen LogP contribution in [-0.2, 0) is 4.79 Å². The molecule has 0 aromatic heterocycles. The van der Waals surface area contributed by atoms with Crippen molar-refractivity contribution in [1.82, 2.24) is 10.6 Å². The summed E-state index contributed by atoms with van der Waals surface area (Å²) in [6, 6.07) is 3.27. The summed E-state index contributed by atoms with van der Waals surface area (Å²) < 4.78 is 26.5. The van der Waals surface area contributed by atoms with E-state index in [4.69, 9.17) is 0 Å². The molecule has 3 atom stereocenters. The normalized spacial score (nSPS) is 24.2. The first-order valence-corrected chi connectivity index (χ1v) is 6.96. The van der Waals surface area contributed by atoms with Gasteiger partial charge >= 0.3 is 0 Å². The van der Waals surface area contributed by atoms with Crippen molar-refractivity contribution in [3.8, 4) is 0 Å². The number of carbonyl (C=O) groups excluding carboxylic acids is 1. The highest BCUT2D eigenvalue weighted by Crippen LogP contribution is 2.21. The molecule has 5 heteroatoms. The number of benzene rings is 1. The smallest absolute Gasteiger partial charge is 0.223 e. The first-order valence-electron chi connectivity index (χ1n) is 6.96. The zero-order valence-electron chi connectivity index (χ0n) is 11.7. The van der Waals surface area contributed by atoms with Crippen molar-refractivity contribution in [2.75, 3.05) is 6.54 Å². The van der Waals surface area contributed by atoms with E-state index >= 15 is 0 Å². The van der Waals surface area contributed by atoms with Gasteiger partial charge in [-0.1, -0.05) is 6.07 Å². The first-order chi connectivity index (χ1) is 9.47. The Morgan fingerprint density at radius 2 is 2.20 bits per heavy atom. The van der Waals surface area contributed by atoms with Gasteiger partial charge < -0.3 is 10.6 Å². The lowest BCUT2D eigenvalue weighted by atomic mass is 9.92. The molecular weight excluding hydrogens is 262 g/mol. The molecule has 1 fully saturated rings. The third-order valence-corrected chi connectivity index (χ3v) is 3.78. The van der Waals surface area contributed by atoms with E-state index in [2.05, 4.69) is 10.6 Å². The molecule has 2 rings (SSSR count). The fraction of sp³-hybridized carbons (Fsp3) is 0.533. The molecule has 3 nitrogen and oxygen atoms in total. The summed E-state index contributed by atoms with van der Waals surface area (Å²) in [4.78, 5) is 12.2. The Morgan fingerprint density at radius 3 is 2.85 bits per heavy atom. The molecule has 110 valence electrons. The summed E-state index contributed by atoms with van der Waals surface area (Å²) >= 11 is 0. The van der Waals surface area contributed by atoms with E-state index in [0.29, 0.717) is 11.6 Å². The van der Waals surface area contributed by atoms with Crippen LogP contribution in [0, 0.1) is 17.6 Å². The Morgan fingerprint density at radius 1 is 1.45 bits per heavy atom. The van der Waals surface area contributed by atoms with Crippen LogP contribution in [0.4, 0.5) is 8.78 Å². The van der Waals surface area contributed by atoms with E-state index in [1.165, 1.54) is 12.1 Å². The standard InChI is InChI=1S/C15H20F2N2O/c1-9-7-11(5-6-18-9)15(20)19-10(2)13-4-3-12(16)8-14(13)17/h3-4,8-11,18H,5-7H2,1-2H3,(H,19,20). The Kier molecular flexibility index (Phi) is 4.70. The van der Waals surface area contributed by atoms with Crippen molar-refractivity contribution >= 4 is 5.91 Å². The van der Waals surface area contributed by atoms with Crippen molar-refractivity contribution in [1.29, 1.82) is 0 Å². The Hall–Kier alpha value is -1.49. The van der Waals surface area contributed by atoms with Gasteiger partial charge in [-0.2, -0.15) is 0 Å². The second kappa shape index (κ2) is 6.31. The molecule has 20 heavy (non-hydrogen) atoms. The van der Waals surface area contributed by atoms with Gasteiger partial charge in [0.05, 0.1) is 6.04 Å². The maximum Gasteiger partial charge on any atom is 0.223 e. The third kappa shape index (κ3) is 3.54. The summed E-state index contributed by atoms with van der Waals surface area (Å²) in [6.45, 7) is 4.57. The van der Waals surface area contributed by atoms with Crippen molar-refractivity contribution in [2.24, 2.45) is 5.92 Å². The van der Waals surface area contributed by atoms with Crippen LogP contribution in [0.3, 0.4) is 0 Å². The fourth-order valence-electron chi connectivity index (χ4n) is 2.63. The van der Waals surface area contributed by atoms with Gasteiger partial charge in [0.25, 0.3) is 0 Å². The zero-order valence-corrected chi connectivity index (χ0v) is 11.7. The maximum absolute atomic E-state index is 13.7. The van der Waals surface area contributed by atoms with Gasteiger partial charge in [0.1, 0.15) is 11.6 Å². The highest BCUT2D eigenvalue weighted by molar-refractivity contribution is 5.79. The highest BCUT2D eigenvalue weighted by atomic mass is 19.1. The number of carbonyl (C=O) groups is 1. The lowest BCUT2D eigenvalue weighted by Crippen LogP contribution is -2.43. The first kappa shape index (κ1) is 14.9. The van der Waals surface area contributed by atoms with Crippen LogP contribution in [0.2, 0.25) is 0 Å². The molecule has 2 N–H and O–H groups in total. The van der Waals surface area contributed by atoms with Gasteiger partial charge in [0.15, 0.2) is 0 Å². The number of nitrogens with one attached hydrogen (secondary N) is 2. The molecule has 0 radical (unpaired) electrons. The Bertz CT molecular complexity index is 493. The summed E-state index contributed by atoms with van der Waals surface area (Å²) in [5.41, 5.74) is 0.307. The van der Waals surface area contributed by atoms with Crippen molar-refractivity contribution in [2.45, 2.75) is 38.8 Å². The van der Waals surface area contributed by atoms with Gasteiger partial charge in [-0.25, -0.2) is 8.78 Å². The van der Waals surface area contributed by atoms with E-state index in [9.17, 15) is 13.6 Å². The molecule has 1 aliphatic rings. The number of amides is 1. The van der Waals surface area contributed by atoms with Crippen molar-refractivity contribution in [3.63, 3.8) is 0 Å². The number of piperidine rings is 1. The zero-order chi connectivity index (χ0) is 14.7. The molecule has 3 unspecified atom stereocenters. The minimum atomic E-state index is -0.628. The van der Waals surface area contributed by atoms with Crippen LogP contribution < -0.4 is 10.6 Å². The monoisotopic (exact) mass is 282 g/mol. The van der Waals surface area contributed by atoms with Crippen LogP contribution in [0.5, 0.6) is 0 Å². The second-order valence-corrected chi connectivity index (χ2v) is 5.47. The van der Waals surface area contributed by atoms with Crippen LogP contribution in [0.1, 0.15) is 38.3 Å². The molecule has 1 amide bonds. The second-order valence-electron chi connectivity index (χ2n) is 5.47. The molecular formula is C15H20F2N2O. The van der Waals surface area contributed by atoms with Gasteiger partial charge in [0, 0.05) is 23.6 Å². The quantitative estimate of drug-likeness (QED) is 0.894. The van der Waals surface area contributed by atoms with Crippen LogP contribution in [-0.4, -0.2) is 18.5 Å². The number of hydrogen-bond donors (Lipinski definition) is 2. The Balaban J connectivity index is 1.99. The summed E-state index contributed by atoms with van der Waals surface area (Å²) in [5.74, 6) is -1.35. The molecule has 1 aromatic rings. The predicted molar refractivity (Wildman–Crippen MR) is 73.1 cm³/mol. The fourth-order valence-corrected chi connectivity index (χ4v) is 2.63. The van der Waals surface area contributed by atoms with Crippen LogP contribution in [0.25, 0.3) is 0 Å². The molecule has 0 spiro atoms. The summed E-state index contributed by atoms with van der Waals surface area (Å²) in [6.07, 6.45) is 1.57. The molecule has 1 saturated heterocycles. The molecule has 0 aliphatic carbocycles. The molecule has 1 aromatic carbocycles. The van der Waals surface area contributed by atoms with Gasteiger partial charge in [-0.05, 0) is 39.3 Å². The predicted octanol–water partition coefficient (Wildman–Crippen LogP) is 2.53. The number of rotatable bonds is 3. The Labute approximate surface area is 117 Å². The SMILES string of the molecule is CC1CC(C(=O)NC(C)c2ccc(F)cc2F)CCN1. The van der Waals surface area contributed by atoms with Crippen molar-refractivity contribution in [3.05, 3.63) is 35.4 Å². The highest BCUT2D eigenvalue weighted by Gasteiger charge is 2.26. The molecule has 0 saturated carbocycles. The van der Waals surface area contributed by atoms with Gasteiger partial charge in [-0.3, -0.25) is 4.79 Å². The molecule has 1 heterocycles. The topological polar surface area (TPSA) is 41.1 Å². The lowest BCUT2D eigenvalue weighted by Gasteiger charge is -2.28. The largest absolute Gasteiger partial charge is 0.349 e. The van der Waals surface area contributed by atoms with Crippen LogP contribution in [0.15, 0.2) is 18.2 Å². The van der Waals surface area contributed by atoms with E-state index in [1.54, 1.807) is 6.92 Å². The van der Waals surface area contributed by atoms with E-state index in [-0.39, 0.29) is 11.8 Å². The van der Waals surface area contributed by atoms with E-state index in [0.717, 1.165) is 25.5 Å². The maximum atomic E-state index is 13.7. The van der Waals surface area contributed by atoms with E-state index in [1.807, 2.05) is 6.92 Å². The van der Waals surface area contributed by atoms with Gasteiger partial charge in [0.2, 0.25) is 5.91 Å². The molecule has 0 bridgehead atoms. The van der Waals surface area contributed by atoms with Crippen molar-refractivity contribution < 1.29 is 13.6 Å². The average Bonchev–Trinajstić information content (AvgIpc) is 2.38. The number of hydrogen-bond acceptors (Lipinski definition) is 2. The lowest BCUT2D eigenvalue weighted by molar-refractivity contribution is -0.126. The minimum Gasteiger partial charge on any atom is -0.349 e. The average molecular weight is 282 g/mol. The van der Waals surface area contributed by atoms with Crippen LogP contribution >= 0.6 is 0 Å². The number of halogens is 2. The van der Waals surface area contributed by atoms with E-state index < -0.39 is 17.7 Å². The minimum absolute atomic E-state index is 0.0443. The third-order valence-electron chi connectivity index (χ3n) is 3.78. The van der Waals surface area contributed by atoms with Gasteiger partial charge in [-0.15, -0.1) is 0 Å².